The standard InChI is InChI=1S/C27H29Cl2IN2O5/c1-16(2)11-25(34)32(15-17-7-8-19(28)20(29)12-17)22-13-18(27(36)31-9-10-33)14-24(26(22)35)37-23-6-4-3-5-21(23)30/h3-8,11-12,14,22,24,26,33,35H,9-10,13,15H2,1-2H3,(H,31,36). The lowest BCUT2D eigenvalue weighted by Gasteiger charge is -2.40. The Morgan fingerprint density at radius 2 is 1.92 bits per heavy atom. The average molecular weight is 659 g/mol. The van der Waals surface area contributed by atoms with Gasteiger partial charge in [-0.3, -0.25) is 9.59 Å². The Bertz CT molecular complexity index is 1200. The number of carbonyl (C=O) groups is 2. The lowest BCUT2D eigenvalue weighted by Crippen LogP contribution is -2.54. The van der Waals surface area contributed by atoms with Crippen molar-refractivity contribution in [1.82, 2.24) is 10.2 Å². The minimum atomic E-state index is -1.14. The number of aliphatic hydroxyl groups is 2. The van der Waals surface area contributed by atoms with E-state index in [-0.39, 0.29) is 32.0 Å². The number of halogens is 3. The normalized spacial score (nSPS) is 19.0. The summed E-state index contributed by atoms with van der Waals surface area (Å²) in [6.07, 6.45) is 1.13. The molecule has 3 rings (SSSR count). The van der Waals surface area contributed by atoms with Gasteiger partial charge in [-0.05, 0) is 72.3 Å². The summed E-state index contributed by atoms with van der Waals surface area (Å²) in [6.45, 7) is 3.61. The number of carbonyl (C=O) groups excluding carboxylic acids is 2. The molecule has 0 fully saturated rings. The minimum absolute atomic E-state index is 0.0786. The topological polar surface area (TPSA) is 99.1 Å². The van der Waals surface area contributed by atoms with Crippen molar-refractivity contribution in [3.05, 3.63) is 84.9 Å². The SMILES string of the molecule is CC(C)=CC(=O)N(Cc1ccc(Cl)c(Cl)c1)C1CC(C(=O)NCCO)=CC(Oc2ccccc2I)C1O. The molecule has 1 aliphatic carbocycles. The number of benzene rings is 2. The van der Waals surface area contributed by atoms with Gasteiger partial charge in [0.25, 0.3) is 0 Å². The maximum atomic E-state index is 13.4. The molecule has 0 heterocycles. The highest BCUT2D eigenvalue weighted by molar-refractivity contribution is 14.1. The van der Waals surface area contributed by atoms with E-state index >= 15 is 0 Å². The molecule has 198 valence electrons. The van der Waals surface area contributed by atoms with Crippen LogP contribution in [0.25, 0.3) is 0 Å². The van der Waals surface area contributed by atoms with E-state index in [1.165, 1.54) is 11.0 Å². The Hall–Kier alpha value is -2.11. The van der Waals surface area contributed by atoms with Crippen molar-refractivity contribution in [3.8, 4) is 5.75 Å². The second-order valence-corrected chi connectivity index (χ2v) is 10.9. The molecule has 3 atom stereocenters. The van der Waals surface area contributed by atoms with Crippen LogP contribution in [0.15, 0.2) is 65.8 Å². The maximum Gasteiger partial charge on any atom is 0.247 e. The molecule has 1 aliphatic rings. The molecule has 3 N–H and O–H groups in total. The van der Waals surface area contributed by atoms with Crippen LogP contribution in [-0.4, -0.2) is 58.3 Å². The van der Waals surface area contributed by atoms with Crippen molar-refractivity contribution in [2.75, 3.05) is 13.2 Å². The molecule has 2 aromatic rings. The first kappa shape index (κ1) is 29.4. The van der Waals surface area contributed by atoms with Gasteiger partial charge in [-0.2, -0.15) is 0 Å². The van der Waals surface area contributed by atoms with Gasteiger partial charge < -0.3 is 25.2 Å². The number of ether oxygens (including phenoxy) is 1. The van der Waals surface area contributed by atoms with Gasteiger partial charge in [0.05, 0.1) is 26.3 Å². The summed E-state index contributed by atoms with van der Waals surface area (Å²) in [4.78, 5) is 27.8. The van der Waals surface area contributed by atoms with E-state index in [1.54, 1.807) is 30.3 Å². The summed E-state index contributed by atoms with van der Waals surface area (Å²) in [6, 6.07) is 11.6. The number of para-hydroxylation sites is 1. The van der Waals surface area contributed by atoms with Crippen LogP contribution in [0.1, 0.15) is 25.8 Å². The van der Waals surface area contributed by atoms with Crippen LogP contribution in [0.2, 0.25) is 10.0 Å². The first-order chi connectivity index (χ1) is 17.6. The molecule has 7 nitrogen and oxygen atoms in total. The molecular formula is C27H29Cl2IN2O5. The van der Waals surface area contributed by atoms with Crippen LogP contribution in [0, 0.1) is 3.57 Å². The molecule has 0 spiro atoms. The van der Waals surface area contributed by atoms with Crippen molar-refractivity contribution in [1.29, 1.82) is 0 Å². The molecule has 0 saturated heterocycles. The minimum Gasteiger partial charge on any atom is -0.482 e. The summed E-state index contributed by atoms with van der Waals surface area (Å²) in [5, 5.41) is 24.0. The van der Waals surface area contributed by atoms with Crippen molar-refractivity contribution >= 4 is 57.6 Å². The highest BCUT2D eigenvalue weighted by Crippen LogP contribution is 2.31. The highest BCUT2D eigenvalue weighted by Gasteiger charge is 2.40. The number of allylic oxidation sites excluding steroid dienone is 1. The third-order valence-corrected chi connectivity index (χ3v) is 7.38. The van der Waals surface area contributed by atoms with Crippen LogP contribution in [0.3, 0.4) is 0 Å². The Kier molecular flexibility index (Phi) is 10.8. The fourth-order valence-electron chi connectivity index (χ4n) is 3.99. The number of amides is 2. The number of nitrogens with zero attached hydrogens (tertiary/aromatic N) is 1. The summed E-state index contributed by atoms with van der Waals surface area (Å²) < 4.78 is 6.99. The molecule has 37 heavy (non-hydrogen) atoms. The van der Waals surface area contributed by atoms with Crippen LogP contribution in [0.5, 0.6) is 5.75 Å². The third kappa shape index (κ3) is 7.94. The van der Waals surface area contributed by atoms with E-state index in [2.05, 4.69) is 27.9 Å². The van der Waals surface area contributed by atoms with E-state index in [0.29, 0.717) is 26.9 Å². The zero-order chi connectivity index (χ0) is 27.1. The van der Waals surface area contributed by atoms with Gasteiger partial charge in [-0.25, -0.2) is 0 Å². The van der Waals surface area contributed by atoms with Gasteiger partial charge in [-0.1, -0.05) is 47.0 Å². The lowest BCUT2D eigenvalue weighted by molar-refractivity contribution is -0.134. The van der Waals surface area contributed by atoms with Gasteiger partial charge in [0, 0.05) is 31.2 Å². The van der Waals surface area contributed by atoms with Crippen LogP contribution >= 0.6 is 45.8 Å². The van der Waals surface area contributed by atoms with Crippen molar-refractivity contribution in [3.63, 3.8) is 0 Å². The predicted molar refractivity (Wildman–Crippen MR) is 153 cm³/mol. The Morgan fingerprint density at radius 1 is 1.19 bits per heavy atom. The average Bonchev–Trinajstić information content (AvgIpc) is 2.85. The monoisotopic (exact) mass is 658 g/mol. The summed E-state index contributed by atoms with van der Waals surface area (Å²) in [5.74, 6) is -0.169. The van der Waals surface area contributed by atoms with Gasteiger partial charge in [0.1, 0.15) is 18.0 Å². The summed E-state index contributed by atoms with van der Waals surface area (Å²) in [5.41, 5.74) is 1.86. The van der Waals surface area contributed by atoms with Crippen molar-refractivity contribution < 1.29 is 24.5 Å². The summed E-state index contributed by atoms with van der Waals surface area (Å²) in [7, 11) is 0. The molecular weight excluding hydrogens is 630 g/mol. The van der Waals surface area contributed by atoms with E-state index in [4.69, 9.17) is 33.0 Å². The lowest BCUT2D eigenvalue weighted by atomic mass is 9.87. The molecule has 0 bridgehead atoms. The number of aliphatic hydroxyl groups excluding tert-OH is 2. The number of rotatable bonds is 9. The fraction of sp³-hybridized carbons (Fsp3) is 0.333. The van der Waals surface area contributed by atoms with Crippen LogP contribution in [-0.2, 0) is 16.1 Å². The number of hydrogen-bond donors (Lipinski definition) is 3. The molecule has 0 aliphatic heterocycles. The smallest absolute Gasteiger partial charge is 0.247 e. The quantitative estimate of drug-likeness (QED) is 0.272. The molecule has 2 amide bonds. The van der Waals surface area contributed by atoms with Crippen LogP contribution in [0.4, 0.5) is 0 Å². The second-order valence-electron chi connectivity index (χ2n) is 8.88. The number of hydrogen-bond acceptors (Lipinski definition) is 5. The molecule has 10 heteroatoms. The Labute approximate surface area is 240 Å². The fourth-order valence-corrected chi connectivity index (χ4v) is 4.82. The largest absolute Gasteiger partial charge is 0.482 e. The first-order valence-electron chi connectivity index (χ1n) is 11.7. The predicted octanol–water partition coefficient (Wildman–Crippen LogP) is 4.51. The Balaban J connectivity index is 2.02. The zero-order valence-electron chi connectivity index (χ0n) is 20.5. The number of nitrogens with one attached hydrogen (secondary N) is 1. The van der Waals surface area contributed by atoms with Crippen molar-refractivity contribution in [2.24, 2.45) is 0 Å². The van der Waals surface area contributed by atoms with Gasteiger partial charge >= 0.3 is 0 Å². The summed E-state index contributed by atoms with van der Waals surface area (Å²) >= 11 is 14.4. The zero-order valence-corrected chi connectivity index (χ0v) is 24.1. The molecule has 0 aromatic heterocycles. The van der Waals surface area contributed by atoms with E-state index in [9.17, 15) is 14.7 Å². The molecule has 0 saturated carbocycles. The molecule has 0 radical (unpaired) electrons. The van der Waals surface area contributed by atoms with Gasteiger partial charge in [0.2, 0.25) is 11.8 Å². The van der Waals surface area contributed by atoms with Crippen molar-refractivity contribution in [2.45, 2.75) is 45.1 Å². The van der Waals surface area contributed by atoms with Crippen LogP contribution < -0.4 is 10.1 Å². The first-order valence-corrected chi connectivity index (χ1v) is 13.5. The Morgan fingerprint density at radius 3 is 2.57 bits per heavy atom. The maximum absolute atomic E-state index is 13.4. The molecule has 2 aromatic carbocycles. The molecule has 3 unspecified atom stereocenters. The van der Waals surface area contributed by atoms with Gasteiger partial charge in [-0.15, -0.1) is 0 Å². The third-order valence-electron chi connectivity index (χ3n) is 5.75. The van der Waals surface area contributed by atoms with E-state index in [1.807, 2.05) is 32.0 Å². The second kappa shape index (κ2) is 13.6. The van der Waals surface area contributed by atoms with E-state index < -0.39 is 24.2 Å². The van der Waals surface area contributed by atoms with E-state index in [0.717, 1.165) is 9.14 Å². The van der Waals surface area contributed by atoms with Gasteiger partial charge in [0.15, 0.2) is 0 Å². The highest BCUT2D eigenvalue weighted by atomic mass is 127.